The third kappa shape index (κ3) is 2.81. The van der Waals surface area contributed by atoms with Gasteiger partial charge in [0.25, 0.3) is 0 Å². The lowest BCUT2D eigenvalue weighted by atomic mass is 9.89. The van der Waals surface area contributed by atoms with Crippen LogP contribution < -0.4 is 5.32 Å². The third-order valence-electron chi connectivity index (χ3n) is 3.86. The Hall–Kier alpha value is -1.13. The number of hydrogen-bond donors (Lipinski definition) is 1. The molecule has 106 valence electrons. The normalized spacial score (nSPS) is 16.5. The summed E-state index contributed by atoms with van der Waals surface area (Å²) in [5.74, 6) is 0.271. The maximum Gasteiger partial charge on any atom is 0.229 e. The Morgan fingerprint density at radius 1 is 1.35 bits per heavy atom. The molecule has 1 fully saturated rings. The summed E-state index contributed by atoms with van der Waals surface area (Å²) in [7, 11) is 0. The molecule has 1 saturated carbocycles. The summed E-state index contributed by atoms with van der Waals surface area (Å²) in [6.07, 6.45) is 5.57. The van der Waals surface area contributed by atoms with Gasteiger partial charge in [-0.05, 0) is 37.5 Å². The maximum atomic E-state index is 12.2. The molecule has 0 atom stereocenters. The minimum absolute atomic E-state index is 0.118. The Morgan fingerprint density at radius 2 is 2.10 bits per heavy atom. The zero-order valence-electron chi connectivity index (χ0n) is 11.4. The van der Waals surface area contributed by atoms with E-state index >= 15 is 0 Å². The molecule has 0 saturated heterocycles. The molecule has 3 nitrogen and oxygen atoms in total. The summed E-state index contributed by atoms with van der Waals surface area (Å²) in [6.45, 7) is 1.99. The van der Waals surface area contributed by atoms with Crippen molar-refractivity contribution >= 4 is 44.2 Å². The van der Waals surface area contributed by atoms with Crippen LogP contribution in [0.5, 0.6) is 0 Å². The second-order valence-corrected chi connectivity index (χ2v) is 6.88. The average Bonchev–Trinajstić information content (AvgIpc) is 2.82. The highest BCUT2D eigenvalue weighted by Gasteiger charge is 2.22. The van der Waals surface area contributed by atoms with Crippen molar-refractivity contribution in [1.82, 2.24) is 4.98 Å². The van der Waals surface area contributed by atoms with E-state index in [4.69, 9.17) is 11.6 Å². The van der Waals surface area contributed by atoms with E-state index in [0.29, 0.717) is 10.2 Å². The number of carbonyl (C=O) groups excluding carboxylic acids is 1. The van der Waals surface area contributed by atoms with Gasteiger partial charge in [-0.15, -0.1) is 0 Å². The Kier molecular flexibility index (Phi) is 3.94. The molecule has 0 spiro atoms. The molecule has 20 heavy (non-hydrogen) atoms. The van der Waals surface area contributed by atoms with Crippen LogP contribution in [-0.2, 0) is 4.79 Å². The molecule has 1 heterocycles. The summed E-state index contributed by atoms with van der Waals surface area (Å²) in [5.41, 5.74) is 1.97. The molecule has 1 amide bonds. The number of nitrogens with zero attached hydrogens (tertiary/aromatic N) is 1. The summed E-state index contributed by atoms with van der Waals surface area (Å²) in [4.78, 5) is 16.7. The number of rotatable bonds is 2. The van der Waals surface area contributed by atoms with Crippen molar-refractivity contribution in [3.63, 3.8) is 0 Å². The largest absolute Gasteiger partial charge is 0.302 e. The number of carbonyl (C=O) groups is 1. The van der Waals surface area contributed by atoms with Crippen molar-refractivity contribution in [2.24, 2.45) is 5.92 Å². The van der Waals surface area contributed by atoms with E-state index < -0.39 is 0 Å². The van der Waals surface area contributed by atoms with Crippen molar-refractivity contribution in [1.29, 1.82) is 0 Å². The predicted octanol–water partition coefficient (Wildman–Crippen LogP) is 4.78. The van der Waals surface area contributed by atoms with Crippen molar-refractivity contribution in [3.05, 3.63) is 22.7 Å². The van der Waals surface area contributed by atoms with Gasteiger partial charge in [0, 0.05) is 10.9 Å². The number of amides is 1. The molecule has 3 rings (SSSR count). The van der Waals surface area contributed by atoms with Crippen LogP contribution in [0.2, 0.25) is 5.02 Å². The SMILES string of the molecule is Cc1cc(Cl)cc2sc(NC(=O)C3CCCCC3)nc12. The molecule has 1 aromatic carbocycles. The highest BCUT2D eigenvalue weighted by atomic mass is 35.5. The number of fused-ring (bicyclic) bond motifs is 1. The molecule has 0 radical (unpaired) electrons. The molecule has 0 bridgehead atoms. The lowest BCUT2D eigenvalue weighted by molar-refractivity contribution is -0.120. The van der Waals surface area contributed by atoms with Crippen molar-refractivity contribution in [3.8, 4) is 0 Å². The van der Waals surface area contributed by atoms with Gasteiger partial charge in [-0.2, -0.15) is 0 Å². The number of benzene rings is 1. The molecule has 2 aromatic rings. The number of anilines is 1. The van der Waals surface area contributed by atoms with Crippen molar-refractivity contribution in [2.45, 2.75) is 39.0 Å². The van der Waals surface area contributed by atoms with E-state index in [-0.39, 0.29) is 11.8 Å². The monoisotopic (exact) mass is 308 g/mol. The van der Waals surface area contributed by atoms with Crippen LogP contribution in [0.1, 0.15) is 37.7 Å². The predicted molar refractivity (Wildman–Crippen MR) is 84.6 cm³/mol. The van der Waals surface area contributed by atoms with E-state index in [0.717, 1.165) is 41.5 Å². The first kappa shape index (κ1) is 13.8. The highest BCUT2D eigenvalue weighted by molar-refractivity contribution is 7.22. The van der Waals surface area contributed by atoms with Crippen molar-refractivity contribution < 1.29 is 4.79 Å². The first-order valence-corrected chi connectivity index (χ1v) is 8.20. The lowest BCUT2D eigenvalue weighted by Crippen LogP contribution is -2.24. The average molecular weight is 309 g/mol. The van der Waals surface area contributed by atoms with E-state index in [1.807, 2.05) is 19.1 Å². The number of nitrogens with one attached hydrogen (secondary N) is 1. The van der Waals surface area contributed by atoms with Crippen LogP contribution in [0.4, 0.5) is 5.13 Å². The zero-order chi connectivity index (χ0) is 14.1. The van der Waals surface area contributed by atoms with Crippen LogP contribution >= 0.6 is 22.9 Å². The van der Waals surface area contributed by atoms with E-state index in [9.17, 15) is 4.79 Å². The molecule has 5 heteroatoms. The van der Waals surface area contributed by atoms with Gasteiger partial charge >= 0.3 is 0 Å². The standard InChI is InChI=1S/C15H17ClN2OS/c1-9-7-11(16)8-12-13(9)17-15(20-12)18-14(19)10-5-3-2-4-6-10/h7-8,10H,2-6H2,1H3,(H,17,18,19). The zero-order valence-corrected chi connectivity index (χ0v) is 13.0. The smallest absolute Gasteiger partial charge is 0.229 e. The van der Waals surface area contributed by atoms with Crippen LogP contribution in [0, 0.1) is 12.8 Å². The molecule has 1 aliphatic carbocycles. The number of halogens is 1. The summed E-state index contributed by atoms with van der Waals surface area (Å²) in [5, 5.41) is 4.37. The minimum atomic E-state index is 0.118. The van der Waals surface area contributed by atoms with Crippen molar-refractivity contribution in [2.75, 3.05) is 5.32 Å². The Labute approximate surface area is 127 Å². The fraction of sp³-hybridized carbons (Fsp3) is 0.467. The molecule has 1 aromatic heterocycles. The second kappa shape index (κ2) is 5.70. The van der Waals surface area contributed by atoms with Gasteiger partial charge in [0.2, 0.25) is 5.91 Å². The lowest BCUT2D eigenvalue weighted by Gasteiger charge is -2.19. The van der Waals surface area contributed by atoms with Gasteiger partial charge in [-0.1, -0.05) is 42.2 Å². The van der Waals surface area contributed by atoms with Crippen LogP contribution in [-0.4, -0.2) is 10.9 Å². The quantitative estimate of drug-likeness (QED) is 0.867. The minimum Gasteiger partial charge on any atom is -0.302 e. The fourth-order valence-electron chi connectivity index (χ4n) is 2.78. The van der Waals surface area contributed by atoms with Gasteiger partial charge in [0.15, 0.2) is 5.13 Å². The fourth-order valence-corrected chi connectivity index (χ4v) is 4.10. The Bertz CT molecular complexity index is 647. The van der Waals surface area contributed by atoms with E-state index in [2.05, 4.69) is 10.3 Å². The number of thiazole rings is 1. The number of hydrogen-bond acceptors (Lipinski definition) is 3. The number of aryl methyl sites for hydroxylation is 1. The van der Waals surface area contributed by atoms with Gasteiger partial charge in [-0.25, -0.2) is 4.98 Å². The van der Waals surface area contributed by atoms with Crippen LogP contribution in [0.15, 0.2) is 12.1 Å². The first-order chi connectivity index (χ1) is 9.63. The molecular weight excluding hydrogens is 292 g/mol. The highest BCUT2D eigenvalue weighted by Crippen LogP contribution is 2.32. The Morgan fingerprint density at radius 3 is 2.85 bits per heavy atom. The summed E-state index contributed by atoms with van der Waals surface area (Å²) in [6, 6.07) is 3.80. The van der Waals surface area contributed by atoms with E-state index in [1.165, 1.54) is 17.8 Å². The first-order valence-electron chi connectivity index (χ1n) is 7.01. The molecule has 1 aliphatic rings. The molecule has 0 unspecified atom stereocenters. The van der Waals surface area contributed by atoms with Gasteiger partial charge in [-0.3, -0.25) is 4.79 Å². The van der Waals surface area contributed by atoms with Crippen LogP contribution in [0.3, 0.4) is 0 Å². The molecule has 1 N–H and O–H groups in total. The Balaban J connectivity index is 1.80. The van der Waals surface area contributed by atoms with Gasteiger partial charge in [0.05, 0.1) is 10.2 Å². The van der Waals surface area contributed by atoms with Crippen LogP contribution in [0.25, 0.3) is 10.2 Å². The molecular formula is C15H17ClN2OS. The van der Waals surface area contributed by atoms with E-state index in [1.54, 1.807) is 0 Å². The number of aromatic nitrogens is 1. The maximum absolute atomic E-state index is 12.2. The second-order valence-electron chi connectivity index (χ2n) is 5.41. The summed E-state index contributed by atoms with van der Waals surface area (Å²) < 4.78 is 1.02. The van der Waals surface area contributed by atoms with Gasteiger partial charge < -0.3 is 5.32 Å². The van der Waals surface area contributed by atoms with Gasteiger partial charge in [0.1, 0.15) is 0 Å². The summed E-state index contributed by atoms with van der Waals surface area (Å²) >= 11 is 7.54. The topological polar surface area (TPSA) is 42.0 Å². The third-order valence-corrected chi connectivity index (χ3v) is 4.99. The molecule has 0 aliphatic heterocycles.